The molecule has 3 aromatic rings. The molecule has 1 amide bonds. The molecule has 29 heavy (non-hydrogen) atoms. The smallest absolute Gasteiger partial charge is 0.272 e. The zero-order valence-electron chi connectivity index (χ0n) is 17.0. The van der Waals surface area contributed by atoms with Crippen LogP contribution in [0.4, 0.5) is 11.4 Å². The van der Waals surface area contributed by atoms with Gasteiger partial charge in [-0.05, 0) is 74.4 Å². The number of amides is 1. The number of hydrogen-bond acceptors (Lipinski definition) is 5. The zero-order chi connectivity index (χ0) is 20.6. The molecule has 2 heterocycles. The largest absolute Gasteiger partial charge is 0.491 e. The van der Waals surface area contributed by atoms with Crippen molar-refractivity contribution in [2.45, 2.75) is 26.4 Å². The SMILES string of the molecule is CC(C)Oc1ccc(Nc2ccc(C(=O)N(C)CCc3ccncc3)nc2)cc1. The number of nitrogens with one attached hydrogen (secondary N) is 1. The Morgan fingerprint density at radius 2 is 1.72 bits per heavy atom. The summed E-state index contributed by atoms with van der Waals surface area (Å²) in [5, 5.41) is 3.28. The van der Waals surface area contributed by atoms with E-state index in [9.17, 15) is 4.79 Å². The van der Waals surface area contributed by atoms with E-state index in [1.807, 2.05) is 56.3 Å². The Morgan fingerprint density at radius 1 is 1.03 bits per heavy atom. The minimum absolute atomic E-state index is 0.0965. The molecule has 1 N–H and O–H groups in total. The first-order valence-electron chi connectivity index (χ1n) is 9.65. The van der Waals surface area contributed by atoms with Crippen molar-refractivity contribution in [2.24, 2.45) is 0 Å². The molecule has 0 aliphatic carbocycles. The molecule has 0 atom stereocenters. The molecule has 150 valence electrons. The summed E-state index contributed by atoms with van der Waals surface area (Å²) in [5.74, 6) is 0.736. The maximum absolute atomic E-state index is 12.6. The van der Waals surface area contributed by atoms with Crippen LogP contribution in [0.25, 0.3) is 0 Å². The number of aromatic nitrogens is 2. The van der Waals surface area contributed by atoms with E-state index in [0.717, 1.165) is 29.1 Å². The number of carbonyl (C=O) groups excluding carboxylic acids is 1. The molecule has 0 bridgehead atoms. The molecule has 2 aromatic heterocycles. The first-order valence-corrected chi connectivity index (χ1v) is 9.65. The summed E-state index contributed by atoms with van der Waals surface area (Å²) in [7, 11) is 1.79. The van der Waals surface area contributed by atoms with E-state index < -0.39 is 0 Å². The van der Waals surface area contributed by atoms with Crippen molar-refractivity contribution in [3.05, 3.63) is 78.4 Å². The van der Waals surface area contributed by atoms with Crippen LogP contribution in [0.5, 0.6) is 5.75 Å². The monoisotopic (exact) mass is 390 g/mol. The standard InChI is InChI=1S/C23H26N4O2/c1-17(2)29-21-7-4-19(5-8-21)26-20-6-9-22(25-16-20)23(28)27(3)15-12-18-10-13-24-14-11-18/h4-11,13-14,16-17,26H,12,15H2,1-3H3. The van der Waals surface area contributed by atoms with Gasteiger partial charge in [0, 0.05) is 31.7 Å². The highest BCUT2D eigenvalue weighted by Crippen LogP contribution is 2.20. The van der Waals surface area contributed by atoms with Crippen LogP contribution in [0.3, 0.4) is 0 Å². The first-order chi connectivity index (χ1) is 14.0. The molecule has 0 saturated heterocycles. The Labute approximate surface area is 171 Å². The molecule has 0 aliphatic heterocycles. The Balaban J connectivity index is 1.55. The van der Waals surface area contributed by atoms with Gasteiger partial charge in [0.15, 0.2) is 0 Å². The number of likely N-dealkylation sites (N-methyl/N-ethyl adjacent to an activating group) is 1. The van der Waals surface area contributed by atoms with Crippen molar-refractivity contribution in [1.29, 1.82) is 0 Å². The summed E-state index contributed by atoms with van der Waals surface area (Å²) in [6.07, 6.45) is 6.11. The van der Waals surface area contributed by atoms with Crippen LogP contribution in [0.1, 0.15) is 29.9 Å². The van der Waals surface area contributed by atoms with Gasteiger partial charge in [0.25, 0.3) is 5.91 Å². The number of rotatable bonds is 8. The summed E-state index contributed by atoms with van der Waals surface area (Å²) in [6, 6.07) is 15.3. The van der Waals surface area contributed by atoms with E-state index in [-0.39, 0.29) is 12.0 Å². The number of nitrogens with zero attached hydrogens (tertiary/aromatic N) is 3. The summed E-state index contributed by atoms with van der Waals surface area (Å²) >= 11 is 0. The van der Waals surface area contributed by atoms with E-state index in [2.05, 4.69) is 15.3 Å². The fourth-order valence-electron chi connectivity index (χ4n) is 2.79. The predicted molar refractivity (Wildman–Crippen MR) is 115 cm³/mol. The van der Waals surface area contributed by atoms with Crippen LogP contribution in [-0.2, 0) is 6.42 Å². The average Bonchev–Trinajstić information content (AvgIpc) is 2.74. The molecule has 0 radical (unpaired) electrons. The average molecular weight is 390 g/mol. The summed E-state index contributed by atoms with van der Waals surface area (Å²) in [6.45, 7) is 4.61. The van der Waals surface area contributed by atoms with E-state index in [4.69, 9.17) is 4.74 Å². The first kappa shape index (κ1) is 20.3. The number of anilines is 2. The van der Waals surface area contributed by atoms with Gasteiger partial charge in [-0.1, -0.05) is 0 Å². The normalized spacial score (nSPS) is 10.6. The van der Waals surface area contributed by atoms with Gasteiger partial charge < -0.3 is 15.0 Å². The van der Waals surface area contributed by atoms with Gasteiger partial charge in [0.2, 0.25) is 0 Å². The van der Waals surface area contributed by atoms with Gasteiger partial charge in [-0.25, -0.2) is 4.98 Å². The Kier molecular flexibility index (Phi) is 6.79. The highest BCUT2D eigenvalue weighted by Gasteiger charge is 2.13. The molecule has 0 unspecified atom stereocenters. The number of pyridine rings is 2. The van der Waals surface area contributed by atoms with E-state index in [1.54, 1.807) is 36.6 Å². The maximum atomic E-state index is 12.6. The van der Waals surface area contributed by atoms with Crippen molar-refractivity contribution in [3.8, 4) is 5.75 Å². The molecule has 6 nitrogen and oxygen atoms in total. The third-order valence-electron chi connectivity index (χ3n) is 4.33. The zero-order valence-corrected chi connectivity index (χ0v) is 17.0. The van der Waals surface area contributed by atoms with Crippen molar-refractivity contribution in [2.75, 3.05) is 18.9 Å². The lowest BCUT2D eigenvalue weighted by atomic mass is 10.2. The van der Waals surface area contributed by atoms with Gasteiger partial charge in [0.05, 0.1) is 18.0 Å². The molecule has 3 rings (SSSR count). The fraction of sp³-hybridized carbons (Fsp3) is 0.261. The van der Waals surface area contributed by atoms with Gasteiger partial charge >= 0.3 is 0 Å². The van der Waals surface area contributed by atoms with Crippen LogP contribution in [0.2, 0.25) is 0 Å². The fourth-order valence-corrected chi connectivity index (χ4v) is 2.79. The van der Waals surface area contributed by atoms with Crippen molar-refractivity contribution in [1.82, 2.24) is 14.9 Å². The second-order valence-electron chi connectivity index (χ2n) is 7.08. The topological polar surface area (TPSA) is 67.3 Å². The highest BCUT2D eigenvalue weighted by molar-refractivity contribution is 5.92. The quantitative estimate of drug-likeness (QED) is 0.620. The predicted octanol–water partition coefficient (Wildman–Crippen LogP) is 4.32. The van der Waals surface area contributed by atoms with Crippen LogP contribution >= 0.6 is 0 Å². The van der Waals surface area contributed by atoms with Crippen LogP contribution in [0.15, 0.2) is 67.1 Å². The lowest BCUT2D eigenvalue weighted by Crippen LogP contribution is -2.29. The van der Waals surface area contributed by atoms with Crippen molar-refractivity contribution < 1.29 is 9.53 Å². The third kappa shape index (κ3) is 6.04. The molecule has 0 spiro atoms. The van der Waals surface area contributed by atoms with Gasteiger partial charge in [-0.3, -0.25) is 9.78 Å². The van der Waals surface area contributed by atoms with Gasteiger partial charge in [0.1, 0.15) is 11.4 Å². The van der Waals surface area contributed by atoms with E-state index >= 15 is 0 Å². The van der Waals surface area contributed by atoms with Crippen LogP contribution in [-0.4, -0.2) is 40.5 Å². The third-order valence-corrected chi connectivity index (χ3v) is 4.33. The number of ether oxygens (including phenoxy) is 1. The van der Waals surface area contributed by atoms with E-state index in [0.29, 0.717) is 12.2 Å². The van der Waals surface area contributed by atoms with E-state index in [1.165, 1.54) is 0 Å². The van der Waals surface area contributed by atoms with Crippen molar-refractivity contribution in [3.63, 3.8) is 0 Å². The number of hydrogen-bond donors (Lipinski definition) is 1. The molecule has 0 fully saturated rings. The lowest BCUT2D eigenvalue weighted by Gasteiger charge is -2.17. The molecule has 0 aliphatic rings. The minimum Gasteiger partial charge on any atom is -0.491 e. The lowest BCUT2D eigenvalue weighted by molar-refractivity contribution is 0.0791. The molecular weight excluding hydrogens is 364 g/mol. The summed E-state index contributed by atoms with van der Waals surface area (Å²) in [4.78, 5) is 22.6. The second-order valence-corrected chi connectivity index (χ2v) is 7.08. The number of benzene rings is 1. The van der Waals surface area contributed by atoms with Crippen molar-refractivity contribution >= 4 is 17.3 Å². The number of carbonyl (C=O) groups is 1. The summed E-state index contributed by atoms with van der Waals surface area (Å²) < 4.78 is 5.65. The van der Waals surface area contributed by atoms with Gasteiger partial charge in [-0.15, -0.1) is 0 Å². The Morgan fingerprint density at radius 3 is 2.34 bits per heavy atom. The Hall–Kier alpha value is -3.41. The van der Waals surface area contributed by atoms with Crippen LogP contribution < -0.4 is 10.1 Å². The maximum Gasteiger partial charge on any atom is 0.272 e. The highest BCUT2D eigenvalue weighted by atomic mass is 16.5. The molecule has 1 aromatic carbocycles. The molecule has 0 saturated carbocycles. The minimum atomic E-state index is -0.0965. The molecular formula is C23H26N4O2. The summed E-state index contributed by atoms with van der Waals surface area (Å²) in [5.41, 5.74) is 3.32. The van der Waals surface area contributed by atoms with Crippen LogP contribution in [0, 0.1) is 0 Å². The Bertz CT molecular complexity index is 910. The van der Waals surface area contributed by atoms with Gasteiger partial charge in [-0.2, -0.15) is 0 Å². The molecule has 6 heteroatoms. The second kappa shape index (κ2) is 9.68.